The summed E-state index contributed by atoms with van der Waals surface area (Å²) in [6.45, 7) is 1.86. The minimum Gasteiger partial charge on any atom is -0.360 e. The van der Waals surface area contributed by atoms with Gasteiger partial charge >= 0.3 is 5.82 Å². The normalized spacial score (nSPS) is 12.2. The smallest absolute Gasteiger partial charge is 0.360 e. The van der Waals surface area contributed by atoms with Gasteiger partial charge in [0.1, 0.15) is 6.20 Å². The Kier molecular flexibility index (Phi) is 2.97. The number of rotatable bonds is 4. The Morgan fingerprint density at radius 3 is 3.24 bits per heavy atom. The highest BCUT2D eigenvalue weighted by molar-refractivity contribution is 7.15. The minimum atomic E-state index is -0.447. The third kappa shape index (κ3) is 2.07. The standard InChI is InChI=1S/C10H10N4O2S/c1-3-4-7(2)11-8-9(14(15)16)13-5-6-17-10(13)12-8/h1,5-7,11H,4H2,2H3. The fourth-order valence-corrected chi connectivity index (χ4v) is 2.22. The predicted molar refractivity (Wildman–Crippen MR) is 66.3 cm³/mol. The van der Waals surface area contributed by atoms with Crippen LogP contribution in [-0.2, 0) is 0 Å². The zero-order chi connectivity index (χ0) is 12.4. The highest BCUT2D eigenvalue weighted by Crippen LogP contribution is 2.28. The second kappa shape index (κ2) is 4.43. The van der Waals surface area contributed by atoms with E-state index in [0.29, 0.717) is 11.4 Å². The first kappa shape index (κ1) is 11.4. The fourth-order valence-electron chi connectivity index (χ4n) is 1.51. The van der Waals surface area contributed by atoms with Crippen LogP contribution in [0.15, 0.2) is 11.6 Å². The molecule has 0 saturated carbocycles. The first-order chi connectivity index (χ1) is 8.13. The molecule has 0 saturated heterocycles. The topological polar surface area (TPSA) is 72.5 Å². The van der Waals surface area contributed by atoms with Crippen molar-refractivity contribution in [2.24, 2.45) is 0 Å². The number of anilines is 1. The molecule has 88 valence electrons. The number of thiazole rings is 1. The zero-order valence-corrected chi connectivity index (χ0v) is 9.90. The summed E-state index contributed by atoms with van der Waals surface area (Å²) in [7, 11) is 0. The molecule has 0 aliphatic rings. The molecule has 2 rings (SSSR count). The van der Waals surface area contributed by atoms with Gasteiger partial charge < -0.3 is 15.4 Å². The van der Waals surface area contributed by atoms with Gasteiger partial charge in [0.15, 0.2) is 0 Å². The summed E-state index contributed by atoms with van der Waals surface area (Å²) in [5.74, 6) is 2.72. The van der Waals surface area contributed by atoms with Gasteiger partial charge in [-0.05, 0) is 11.8 Å². The highest BCUT2D eigenvalue weighted by Gasteiger charge is 2.24. The molecule has 0 aliphatic carbocycles. The second-order valence-electron chi connectivity index (χ2n) is 3.55. The van der Waals surface area contributed by atoms with Crippen LogP contribution in [-0.4, -0.2) is 20.3 Å². The Morgan fingerprint density at radius 1 is 1.82 bits per heavy atom. The van der Waals surface area contributed by atoms with Crippen molar-refractivity contribution in [3.05, 3.63) is 21.7 Å². The van der Waals surface area contributed by atoms with E-state index < -0.39 is 4.92 Å². The molecule has 0 aromatic carbocycles. The SMILES string of the molecule is C#CCC(C)Nc1nc2sccn2c1[N+](=O)[O-]. The van der Waals surface area contributed by atoms with Crippen LogP contribution in [0.5, 0.6) is 0 Å². The van der Waals surface area contributed by atoms with Gasteiger partial charge in [0.05, 0.1) is 0 Å². The second-order valence-corrected chi connectivity index (χ2v) is 4.42. The van der Waals surface area contributed by atoms with E-state index in [4.69, 9.17) is 6.42 Å². The van der Waals surface area contributed by atoms with Crippen molar-refractivity contribution in [3.8, 4) is 12.3 Å². The Balaban J connectivity index is 2.39. The molecule has 17 heavy (non-hydrogen) atoms. The number of hydrogen-bond acceptors (Lipinski definition) is 5. The molecular formula is C10H10N4O2S. The van der Waals surface area contributed by atoms with Crippen LogP contribution in [0, 0.1) is 22.5 Å². The van der Waals surface area contributed by atoms with E-state index in [1.165, 1.54) is 15.7 Å². The lowest BCUT2D eigenvalue weighted by molar-refractivity contribution is -0.389. The van der Waals surface area contributed by atoms with Crippen LogP contribution in [0.2, 0.25) is 0 Å². The quantitative estimate of drug-likeness (QED) is 0.512. The van der Waals surface area contributed by atoms with E-state index in [2.05, 4.69) is 16.2 Å². The summed E-state index contributed by atoms with van der Waals surface area (Å²) in [5.41, 5.74) is 0. The van der Waals surface area contributed by atoms with Gasteiger partial charge in [-0.3, -0.25) is 0 Å². The Hall–Kier alpha value is -2.07. The molecule has 2 aromatic heterocycles. The molecular weight excluding hydrogens is 240 g/mol. The Labute approximate surface area is 101 Å². The lowest BCUT2D eigenvalue weighted by Crippen LogP contribution is -2.15. The largest absolute Gasteiger partial charge is 0.372 e. The summed E-state index contributed by atoms with van der Waals surface area (Å²) in [6.07, 6.45) is 7.30. The molecule has 0 spiro atoms. The lowest BCUT2D eigenvalue weighted by atomic mass is 10.2. The third-order valence-corrected chi connectivity index (χ3v) is 2.97. The maximum atomic E-state index is 11.0. The summed E-state index contributed by atoms with van der Waals surface area (Å²) in [6, 6.07) is -0.0525. The average molecular weight is 250 g/mol. The van der Waals surface area contributed by atoms with E-state index in [9.17, 15) is 10.1 Å². The van der Waals surface area contributed by atoms with Crippen molar-refractivity contribution in [1.29, 1.82) is 0 Å². The maximum Gasteiger partial charge on any atom is 0.372 e. The average Bonchev–Trinajstić information content (AvgIpc) is 2.76. The number of nitro groups is 1. The van der Waals surface area contributed by atoms with Gasteiger partial charge in [0.25, 0.3) is 4.96 Å². The number of nitrogens with one attached hydrogen (secondary N) is 1. The van der Waals surface area contributed by atoms with Crippen LogP contribution in [0.4, 0.5) is 11.6 Å². The summed E-state index contributed by atoms with van der Waals surface area (Å²) < 4.78 is 1.45. The van der Waals surface area contributed by atoms with Crippen LogP contribution >= 0.6 is 11.3 Å². The van der Waals surface area contributed by atoms with Crippen molar-refractivity contribution in [1.82, 2.24) is 9.38 Å². The van der Waals surface area contributed by atoms with Gasteiger partial charge in [0, 0.05) is 17.8 Å². The number of terminal acetylenes is 1. The molecule has 7 heteroatoms. The van der Waals surface area contributed by atoms with Crippen molar-refractivity contribution in [2.45, 2.75) is 19.4 Å². The molecule has 0 bridgehead atoms. The molecule has 0 aliphatic heterocycles. The molecule has 0 radical (unpaired) electrons. The number of hydrogen-bond donors (Lipinski definition) is 1. The molecule has 1 N–H and O–H groups in total. The number of nitrogens with zero attached hydrogens (tertiary/aromatic N) is 3. The molecule has 0 amide bonds. The van der Waals surface area contributed by atoms with Crippen molar-refractivity contribution >= 4 is 27.9 Å². The predicted octanol–water partition coefficient (Wildman–Crippen LogP) is 2.13. The fraction of sp³-hybridized carbons (Fsp3) is 0.300. The van der Waals surface area contributed by atoms with Crippen LogP contribution < -0.4 is 5.32 Å². The van der Waals surface area contributed by atoms with Crippen molar-refractivity contribution in [2.75, 3.05) is 5.32 Å². The monoisotopic (exact) mass is 250 g/mol. The van der Waals surface area contributed by atoms with Gasteiger partial charge in [-0.25, -0.2) is 0 Å². The van der Waals surface area contributed by atoms with Gasteiger partial charge in [0.2, 0.25) is 5.82 Å². The van der Waals surface area contributed by atoms with Crippen LogP contribution in [0.3, 0.4) is 0 Å². The van der Waals surface area contributed by atoms with E-state index in [1.54, 1.807) is 11.6 Å². The van der Waals surface area contributed by atoms with E-state index >= 15 is 0 Å². The van der Waals surface area contributed by atoms with E-state index in [1.807, 2.05) is 6.92 Å². The molecule has 2 heterocycles. The number of imidazole rings is 1. The molecule has 1 atom stereocenters. The summed E-state index contributed by atoms with van der Waals surface area (Å²) in [5, 5.41) is 15.7. The summed E-state index contributed by atoms with van der Waals surface area (Å²) in [4.78, 5) is 15.3. The molecule has 0 fully saturated rings. The first-order valence-corrected chi connectivity index (χ1v) is 5.81. The minimum absolute atomic E-state index is 0.0508. The maximum absolute atomic E-state index is 11.0. The molecule has 2 aromatic rings. The van der Waals surface area contributed by atoms with E-state index in [-0.39, 0.29) is 17.7 Å². The van der Waals surface area contributed by atoms with Gasteiger partial charge in [-0.15, -0.1) is 12.3 Å². The summed E-state index contributed by atoms with van der Waals surface area (Å²) >= 11 is 1.35. The van der Waals surface area contributed by atoms with Gasteiger partial charge in [-0.2, -0.15) is 9.38 Å². The zero-order valence-electron chi connectivity index (χ0n) is 9.08. The van der Waals surface area contributed by atoms with E-state index in [0.717, 1.165) is 0 Å². The van der Waals surface area contributed by atoms with Crippen molar-refractivity contribution in [3.63, 3.8) is 0 Å². The third-order valence-electron chi connectivity index (χ3n) is 2.22. The number of fused-ring (bicyclic) bond motifs is 1. The first-order valence-electron chi connectivity index (χ1n) is 4.93. The van der Waals surface area contributed by atoms with Gasteiger partial charge in [-0.1, -0.05) is 11.3 Å². The number of aromatic nitrogens is 2. The molecule has 1 unspecified atom stereocenters. The Bertz CT molecular complexity index is 595. The molecule has 6 nitrogen and oxygen atoms in total. The Morgan fingerprint density at radius 2 is 2.59 bits per heavy atom. The van der Waals surface area contributed by atoms with Crippen LogP contribution in [0.25, 0.3) is 4.96 Å². The lowest BCUT2D eigenvalue weighted by Gasteiger charge is -2.08. The van der Waals surface area contributed by atoms with Crippen molar-refractivity contribution < 1.29 is 4.92 Å². The highest BCUT2D eigenvalue weighted by atomic mass is 32.1. The van der Waals surface area contributed by atoms with Crippen LogP contribution in [0.1, 0.15) is 13.3 Å².